The lowest BCUT2D eigenvalue weighted by atomic mass is 10.2. The smallest absolute Gasteiger partial charge is 0.320 e. The zero-order valence-corrected chi connectivity index (χ0v) is 11.6. The quantitative estimate of drug-likeness (QED) is 0.886. The van der Waals surface area contributed by atoms with Gasteiger partial charge in [0.05, 0.1) is 0 Å². The van der Waals surface area contributed by atoms with Crippen molar-refractivity contribution in [1.82, 2.24) is 15.5 Å². The molecule has 2 fully saturated rings. The van der Waals surface area contributed by atoms with Gasteiger partial charge in [0.25, 0.3) is 0 Å². The molecule has 1 aliphatic heterocycles. The number of carbonyl (C=O) groups excluding carboxylic acids is 1. The third-order valence-corrected chi connectivity index (χ3v) is 3.73. The summed E-state index contributed by atoms with van der Waals surface area (Å²) in [6, 6.07) is 3.91. The molecule has 1 saturated heterocycles. The fourth-order valence-corrected chi connectivity index (χ4v) is 2.43. The van der Waals surface area contributed by atoms with Gasteiger partial charge in [-0.15, -0.1) is 10.2 Å². The van der Waals surface area contributed by atoms with E-state index in [2.05, 4.69) is 25.7 Å². The fourth-order valence-electron chi connectivity index (χ4n) is 2.43. The molecular weight excluding hydrogens is 254 g/mol. The van der Waals surface area contributed by atoms with Crippen molar-refractivity contribution >= 4 is 17.7 Å². The second kappa shape index (κ2) is 6.07. The van der Waals surface area contributed by atoms with E-state index in [1.807, 2.05) is 12.1 Å². The second-order valence-electron chi connectivity index (χ2n) is 5.55. The summed E-state index contributed by atoms with van der Waals surface area (Å²) in [4.78, 5) is 13.9. The van der Waals surface area contributed by atoms with Crippen LogP contribution in [0.15, 0.2) is 12.1 Å². The van der Waals surface area contributed by atoms with Gasteiger partial charge in [0, 0.05) is 19.1 Å². The highest BCUT2D eigenvalue weighted by Gasteiger charge is 2.23. The normalized spacial score (nSPS) is 19.3. The Hall–Kier alpha value is -1.85. The summed E-state index contributed by atoms with van der Waals surface area (Å²) < 4.78 is 0. The SMILES string of the molecule is O=C(Nc1ccc(N2CCCCCC2)nn1)NC1CC1. The number of rotatable bonds is 3. The minimum Gasteiger partial charge on any atom is -0.355 e. The third-order valence-electron chi connectivity index (χ3n) is 3.73. The van der Waals surface area contributed by atoms with Crippen LogP contribution in [0.5, 0.6) is 0 Å². The maximum absolute atomic E-state index is 11.6. The molecule has 0 unspecified atom stereocenters. The minimum absolute atomic E-state index is 0.190. The first kappa shape index (κ1) is 13.1. The van der Waals surface area contributed by atoms with Gasteiger partial charge in [0.1, 0.15) is 0 Å². The molecule has 0 atom stereocenters. The first-order chi connectivity index (χ1) is 9.81. The van der Waals surface area contributed by atoms with Gasteiger partial charge in [-0.1, -0.05) is 12.8 Å². The van der Waals surface area contributed by atoms with Crippen LogP contribution in [0.25, 0.3) is 0 Å². The Morgan fingerprint density at radius 2 is 1.85 bits per heavy atom. The largest absolute Gasteiger partial charge is 0.355 e. The molecule has 0 spiro atoms. The number of urea groups is 1. The maximum atomic E-state index is 11.6. The molecule has 0 bridgehead atoms. The Morgan fingerprint density at radius 1 is 1.10 bits per heavy atom. The molecule has 0 aromatic carbocycles. The van der Waals surface area contributed by atoms with Crippen molar-refractivity contribution in [2.45, 2.75) is 44.6 Å². The van der Waals surface area contributed by atoms with Crippen LogP contribution in [0.1, 0.15) is 38.5 Å². The monoisotopic (exact) mass is 275 g/mol. The summed E-state index contributed by atoms with van der Waals surface area (Å²) >= 11 is 0. The number of anilines is 2. The van der Waals surface area contributed by atoms with Gasteiger partial charge in [0.2, 0.25) is 0 Å². The van der Waals surface area contributed by atoms with Crippen LogP contribution >= 0.6 is 0 Å². The average molecular weight is 275 g/mol. The topological polar surface area (TPSA) is 70.2 Å². The molecule has 1 aromatic heterocycles. The molecule has 2 aliphatic rings. The highest BCUT2D eigenvalue weighted by Crippen LogP contribution is 2.19. The number of carbonyl (C=O) groups is 1. The summed E-state index contributed by atoms with van der Waals surface area (Å²) in [7, 11) is 0. The van der Waals surface area contributed by atoms with E-state index >= 15 is 0 Å². The number of amides is 2. The number of hydrogen-bond donors (Lipinski definition) is 2. The Bertz CT molecular complexity index is 449. The number of hydrogen-bond acceptors (Lipinski definition) is 4. The molecule has 1 saturated carbocycles. The summed E-state index contributed by atoms with van der Waals surface area (Å²) in [5, 5.41) is 13.9. The van der Waals surface area contributed by atoms with Crippen LogP contribution in [0.4, 0.5) is 16.4 Å². The van der Waals surface area contributed by atoms with Gasteiger partial charge in [-0.3, -0.25) is 5.32 Å². The maximum Gasteiger partial charge on any atom is 0.320 e. The first-order valence-electron chi connectivity index (χ1n) is 7.47. The van der Waals surface area contributed by atoms with Crippen molar-refractivity contribution in [3.63, 3.8) is 0 Å². The van der Waals surface area contributed by atoms with E-state index in [-0.39, 0.29) is 6.03 Å². The Labute approximate surface area is 118 Å². The molecule has 108 valence electrons. The van der Waals surface area contributed by atoms with E-state index in [4.69, 9.17) is 0 Å². The average Bonchev–Trinajstić information content (AvgIpc) is 3.26. The van der Waals surface area contributed by atoms with Crippen LogP contribution in [-0.2, 0) is 0 Å². The van der Waals surface area contributed by atoms with Crippen molar-refractivity contribution in [3.8, 4) is 0 Å². The standard InChI is InChI=1S/C14H21N5O/c20-14(15-11-5-6-11)16-12-7-8-13(18-17-12)19-9-3-1-2-4-10-19/h7-8,11H,1-6,9-10H2,(H2,15,16,17,20). The molecule has 2 N–H and O–H groups in total. The Balaban J connectivity index is 1.56. The van der Waals surface area contributed by atoms with Crippen molar-refractivity contribution in [1.29, 1.82) is 0 Å². The number of nitrogens with one attached hydrogen (secondary N) is 2. The Morgan fingerprint density at radius 3 is 2.45 bits per heavy atom. The van der Waals surface area contributed by atoms with E-state index < -0.39 is 0 Å². The minimum atomic E-state index is -0.190. The molecule has 2 amide bonds. The fraction of sp³-hybridized carbons (Fsp3) is 0.643. The molecule has 6 nitrogen and oxygen atoms in total. The van der Waals surface area contributed by atoms with Gasteiger partial charge < -0.3 is 10.2 Å². The number of nitrogens with zero attached hydrogens (tertiary/aromatic N) is 3. The van der Waals surface area contributed by atoms with Gasteiger partial charge in [0.15, 0.2) is 11.6 Å². The molecule has 2 heterocycles. The zero-order chi connectivity index (χ0) is 13.8. The first-order valence-corrected chi connectivity index (χ1v) is 7.47. The van der Waals surface area contributed by atoms with Crippen LogP contribution < -0.4 is 15.5 Å². The summed E-state index contributed by atoms with van der Waals surface area (Å²) in [6.07, 6.45) is 7.17. The van der Waals surface area contributed by atoms with Crippen LogP contribution in [0.2, 0.25) is 0 Å². The zero-order valence-electron chi connectivity index (χ0n) is 11.6. The summed E-state index contributed by atoms with van der Waals surface area (Å²) in [6.45, 7) is 2.09. The van der Waals surface area contributed by atoms with Gasteiger partial charge in [-0.05, 0) is 37.8 Å². The number of aromatic nitrogens is 2. The lowest BCUT2D eigenvalue weighted by molar-refractivity contribution is 0.251. The molecule has 1 aliphatic carbocycles. The lowest BCUT2D eigenvalue weighted by Crippen LogP contribution is -2.31. The second-order valence-corrected chi connectivity index (χ2v) is 5.55. The Kier molecular flexibility index (Phi) is 3.99. The predicted molar refractivity (Wildman–Crippen MR) is 77.9 cm³/mol. The molecule has 1 aromatic rings. The van der Waals surface area contributed by atoms with Crippen molar-refractivity contribution < 1.29 is 4.79 Å². The summed E-state index contributed by atoms with van der Waals surface area (Å²) in [5.74, 6) is 1.40. The van der Waals surface area contributed by atoms with Gasteiger partial charge in [-0.2, -0.15) is 0 Å². The molecular formula is C14H21N5O. The van der Waals surface area contributed by atoms with Crippen LogP contribution in [-0.4, -0.2) is 35.4 Å². The van der Waals surface area contributed by atoms with E-state index in [1.54, 1.807) is 0 Å². The molecule has 0 radical (unpaired) electrons. The molecule has 3 rings (SSSR count). The van der Waals surface area contributed by atoms with Crippen molar-refractivity contribution in [2.24, 2.45) is 0 Å². The van der Waals surface area contributed by atoms with E-state index in [0.717, 1.165) is 31.7 Å². The van der Waals surface area contributed by atoms with Crippen LogP contribution in [0, 0.1) is 0 Å². The van der Waals surface area contributed by atoms with E-state index in [9.17, 15) is 4.79 Å². The third kappa shape index (κ3) is 3.59. The molecule has 6 heteroatoms. The highest BCUT2D eigenvalue weighted by atomic mass is 16.2. The van der Waals surface area contributed by atoms with E-state index in [1.165, 1.54) is 25.7 Å². The molecule has 20 heavy (non-hydrogen) atoms. The van der Waals surface area contributed by atoms with Gasteiger partial charge >= 0.3 is 6.03 Å². The highest BCUT2D eigenvalue weighted by molar-refractivity contribution is 5.88. The van der Waals surface area contributed by atoms with Crippen molar-refractivity contribution in [3.05, 3.63) is 12.1 Å². The summed E-state index contributed by atoms with van der Waals surface area (Å²) in [5.41, 5.74) is 0. The lowest BCUT2D eigenvalue weighted by Gasteiger charge is -2.20. The van der Waals surface area contributed by atoms with Gasteiger partial charge in [-0.25, -0.2) is 4.79 Å². The van der Waals surface area contributed by atoms with Crippen LogP contribution in [0.3, 0.4) is 0 Å². The predicted octanol–water partition coefficient (Wildman–Crippen LogP) is 2.14. The van der Waals surface area contributed by atoms with Crippen molar-refractivity contribution in [2.75, 3.05) is 23.3 Å². The van der Waals surface area contributed by atoms with E-state index in [0.29, 0.717) is 11.9 Å².